The zero-order chi connectivity index (χ0) is 13.8. The van der Waals surface area contributed by atoms with Gasteiger partial charge in [-0.25, -0.2) is 0 Å². The normalized spacial score (nSPS) is 19.8. The lowest BCUT2D eigenvalue weighted by Crippen LogP contribution is -2.54. The lowest BCUT2D eigenvalue weighted by atomic mass is 10.0. The van der Waals surface area contributed by atoms with E-state index in [1.54, 1.807) is 0 Å². The number of nitrogens with zero attached hydrogens (tertiary/aromatic N) is 3. The first-order valence-corrected chi connectivity index (χ1v) is 7.76. The van der Waals surface area contributed by atoms with Crippen LogP contribution in [-0.2, 0) is 0 Å². The zero-order valence-electron chi connectivity index (χ0n) is 12.5. The number of piperazine rings is 1. The van der Waals surface area contributed by atoms with E-state index in [1.165, 1.54) is 12.3 Å². The van der Waals surface area contributed by atoms with Crippen LogP contribution in [0.25, 0.3) is 0 Å². The fourth-order valence-corrected chi connectivity index (χ4v) is 3.04. The number of rotatable bonds is 4. The maximum absolute atomic E-state index is 9.13. The maximum atomic E-state index is 9.13. The number of hydrogen-bond acceptors (Lipinski definition) is 4. The van der Waals surface area contributed by atoms with Crippen molar-refractivity contribution in [1.29, 1.82) is 5.26 Å². The average Bonchev–Trinajstić information content (AvgIpc) is 2.28. The average molecular weight is 269 g/mol. The Bertz CT molecular complexity index is 293. The van der Waals surface area contributed by atoms with E-state index in [0.29, 0.717) is 4.75 Å². The molecular formula is C14H27N3S. The molecule has 0 atom stereocenters. The summed E-state index contributed by atoms with van der Waals surface area (Å²) in [6.45, 7) is 16.2. The van der Waals surface area contributed by atoms with E-state index in [-0.39, 0.29) is 5.54 Å². The van der Waals surface area contributed by atoms with Crippen LogP contribution in [0.1, 0.15) is 34.6 Å². The molecule has 0 bridgehead atoms. The summed E-state index contributed by atoms with van der Waals surface area (Å²) in [6, 6.07) is 2.39. The summed E-state index contributed by atoms with van der Waals surface area (Å²) < 4.78 is 0.366. The Balaban J connectivity index is 2.26. The van der Waals surface area contributed by atoms with Gasteiger partial charge in [0.1, 0.15) is 5.54 Å². The Morgan fingerprint density at radius 3 is 2.06 bits per heavy atom. The smallest absolute Gasteiger partial charge is 0.103 e. The summed E-state index contributed by atoms with van der Waals surface area (Å²) in [6.07, 6.45) is 0. The van der Waals surface area contributed by atoms with Crippen LogP contribution in [0.4, 0.5) is 0 Å². The predicted molar refractivity (Wildman–Crippen MR) is 79.9 cm³/mol. The molecule has 1 heterocycles. The molecule has 0 radical (unpaired) electrons. The molecule has 0 amide bonds. The molecule has 0 aromatic heterocycles. The third kappa shape index (κ3) is 5.17. The standard InChI is InChI=1S/C14H27N3S/c1-13(2,3)18-11-10-16-6-8-17(9-7-16)14(4,5)12-15/h6-11H2,1-5H3. The molecule has 0 unspecified atom stereocenters. The Morgan fingerprint density at radius 2 is 1.61 bits per heavy atom. The minimum atomic E-state index is -0.313. The third-order valence-electron chi connectivity index (χ3n) is 3.38. The second-order valence-electron chi connectivity index (χ2n) is 6.46. The quantitative estimate of drug-likeness (QED) is 0.784. The highest BCUT2D eigenvalue weighted by molar-refractivity contribution is 8.00. The van der Waals surface area contributed by atoms with Crippen molar-refractivity contribution < 1.29 is 0 Å². The van der Waals surface area contributed by atoms with Gasteiger partial charge >= 0.3 is 0 Å². The second-order valence-corrected chi connectivity index (χ2v) is 8.38. The van der Waals surface area contributed by atoms with Crippen LogP contribution in [0.3, 0.4) is 0 Å². The fraction of sp³-hybridized carbons (Fsp3) is 0.929. The Hall–Kier alpha value is -0.240. The van der Waals surface area contributed by atoms with Gasteiger partial charge in [0.15, 0.2) is 0 Å². The van der Waals surface area contributed by atoms with Gasteiger partial charge < -0.3 is 0 Å². The van der Waals surface area contributed by atoms with Crippen LogP contribution in [-0.4, -0.2) is 58.6 Å². The van der Waals surface area contributed by atoms with Gasteiger partial charge in [-0.1, -0.05) is 20.8 Å². The lowest BCUT2D eigenvalue weighted by molar-refractivity contribution is 0.0836. The highest BCUT2D eigenvalue weighted by Gasteiger charge is 2.29. The van der Waals surface area contributed by atoms with Crippen LogP contribution >= 0.6 is 11.8 Å². The summed E-state index contributed by atoms with van der Waals surface area (Å²) >= 11 is 2.03. The van der Waals surface area contributed by atoms with E-state index in [2.05, 4.69) is 36.6 Å². The third-order valence-corrected chi connectivity index (χ3v) is 4.63. The van der Waals surface area contributed by atoms with E-state index in [4.69, 9.17) is 5.26 Å². The van der Waals surface area contributed by atoms with Gasteiger partial charge in [-0.3, -0.25) is 9.80 Å². The van der Waals surface area contributed by atoms with E-state index in [1.807, 2.05) is 25.6 Å². The zero-order valence-corrected chi connectivity index (χ0v) is 13.3. The first-order chi connectivity index (χ1) is 8.24. The van der Waals surface area contributed by atoms with Gasteiger partial charge in [-0.2, -0.15) is 17.0 Å². The molecule has 1 aliphatic heterocycles. The van der Waals surface area contributed by atoms with Gasteiger partial charge in [0.05, 0.1) is 6.07 Å². The highest BCUT2D eigenvalue weighted by atomic mass is 32.2. The molecule has 1 aliphatic rings. The number of thioether (sulfide) groups is 1. The molecular weight excluding hydrogens is 242 g/mol. The van der Waals surface area contributed by atoms with E-state index in [9.17, 15) is 0 Å². The van der Waals surface area contributed by atoms with Crippen molar-refractivity contribution >= 4 is 11.8 Å². The molecule has 0 spiro atoms. The summed E-state index contributed by atoms with van der Waals surface area (Å²) in [5, 5.41) is 9.13. The molecule has 1 rings (SSSR count). The minimum absolute atomic E-state index is 0.313. The van der Waals surface area contributed by atoms with Gasteiger partial charge in [0.25, 0.3) is 0 Å². The SMILES string of the molecule is CC(C)(C)SCCN1CCN(C(C)(C)C#N)CC1. The van der Waals surface area contributed by atoms with Gasteiger partial charge in [-0.05, 0) is 13.8 Å². The van der Waals surface area contributed by atoms with E-state index >= 15 is 0 Å². The second kappa shape index (κ2) is 6.27. The molecule has 1 fully saturated rings. The first-order valence-electron chi connectivity index (χ1n) is 6.77. The van der Waals surface area contributed by atoms with E-state index in [0.717, 1.165) is 26.2 Å². The van der Waals surface area contributed by atoms with E-state index < -0.39 is 0 Å². The molecule has 3 nitrogen and oxygen atoms in total. The molecule has 1 saturated heterocycles. The van der Waals surface area contributed by atoms with Crippen molar-refractivity contribution in [3.8, 4) is 6.07 Å². The van der Waals surface area contributed by atoms with Crippen LogP contribution in [0.2, 0.25) is 0 Å². The minimum Gasteiger partial charge on any atom is -0.300 e. The van der Waals surface area contributed by atoms with Gasteiger partial charge in [-0.15, -0.1) is 0 Å². The topological polar surface area (TPSA) is 30.3 Å². The molecule has 4 heteroatoms. The molecule has 0 aromatic rings. The van der Waals surface area contributed by atoms with Crippen LogP contribution in [0.5, 0.6) is 0 Å². The van der Waals surface area contributed by atoms with Gasteiger partial charge in [0.2, 0.25) is 0 Å². The highest BCUT2D eigenvalue weighted by Crippen LogP contribution is 2.23. The van der Waals surface area contributed by atoms with Gasteiger partial charge in [0, 0.05) is 43.2 Å². The van der Waals surface area contributed by atoms with Crippen molar-refractivity contribution in [1.82, 2.24) is 9.80 Å². The fourth-order valence-electron chi connectivity index (χ4n) is 2.08. The molecule has 0 aromatic carbocycles. The Labute approximate surface area is 117 Å². The number of nitriles is 1. The maximum Gasteiger partial charge on any atom is 0.103 e. The molecule has 18 heavy (non-hydrogen) atoms. The molecule has 0 N–H and O–H groups in total. The van der Waals surface area contributed by atoms with Crippen molar-refractivity contribution in [3.05, 3.63) is 0 Å². The summed E-state index contributed by atoms with van der Waals surface area (Å²) in [5.41, 5.74) is -0.313. The summed E-state index contributed by atoms with van der Waals surface area (Å²) in [5.74, 6) is 1.20. The van der Waals surface area contributed by atoms with Crippen molar-refractivity contribution in [2.45, 2.75) is 44.9 Å². The van der Waals surface area contributed by atoms with Crippen LogP contribution in [0, 0.1) is 11.3 Å². The monoisotopic (exact) mass is 269 g/mol. The largest absolute Gasteiger partial charge is 0.300 e. The molecule has 0 saturated carbocycles. The van der Waals surface area contributed by atoms with Crippen molar-refractivity contribution in [3.63, 3.8) is 0 Å². The number of hydrogen-bond donors (Lipinski definition) is 0. The van der Waals surface area contributed by atoms with Crippen LogP contribution < -0.4 is 0 Å². The summed E-state index contributed by atoms with van der Waals surface area (Å²) in [7, 11) is 0. The summed E-state index contributed by atoms with van der Waals surface area (Å²) in [4.78, 5) is 4.81. The molecule has 0 aliphatic carbocycles. The predicted octanol–water partition coefficient (Wildman–Crippen LogP) is 2.44. The van der Waals surface area contributed by atoms with Crippen molar-refractivity contribution in [2.24, 2.45) is 0 Å². The van der Waals surface area contributed by atoms with Crippen LogP contribution in [0.15, 0.2) is 0 Å². The first kappa shape index (κ1) is 15.8. The lowest BCUT2D eigenvalue weighted by Gasteiger charge is -2.40. The Kier molecular flexibility index (Phi) is 5.51. The van der Waals surface area contributed by atoms with Crippen molar-refractivity contribution in [2.75, 3.05) is 38.5 Å². The Morgan fingerprint density at radius 1 is 1.06 bits per heavy atom. The molecule has 104 valence electrons.